The number of hydrogen-bond donors (Lipinski definition) is 0. The first-order valence-electron chi connectivity index (χ1n) is 8.58. The number of nitrogens with zero attached hydrogens (tertiary/aromatic N) is 2. The molecule has 0 N–H and O–H groups in total. The molecular formula is C18H22N2O5. The number of carbonyl (C=O) groups excluding carboxylic acids is 2. The Hall–Kier alpha value is -2.57. The molecule has 1 aromatic heterocycles. The SMILES string of the molecule is CCOC(=O)C1CCN(C(=O)C(C)n2c(=O)oc3ccccc32)CC1. The third kappa shape index (κ3) is 3.31. The van der Waals surface area contributed by atoms with Gasteiger partial charge in [0, 0.05) is 13.1 Å². The van der Waals surface area contributed by atoms with Gasteiger partial charge in [0.05, 0.1) is 18.0 Å². The van der Waals surface area contributed by atoms with Crippen molar-refractivity contribution in [3.05, 3.63) is 34.8 Å². The molecule has 3 rings (SSSR count). The first-order chi connectivity index (χ1) is 12.0. The number of amides is 1. The molecule has 7 nitrogen and oxygen atoms in total. The second-order valence-electron chi connectivity index (χ2n) is 6.23. The Morgan fingerprint density at radius 2 is 1.96 bits per heavy atom. The molecule has 0 aliphatic carbocycles. The standard InChI is InChI=1S/C18H22N2O5/c1-3-24-17(22)13-8-10-19(11-9-13)16(21)12(2)20-14-6-4-5-7-15(14)25-18(20)23/h4-7,12-13H,3,8-11H2,1-2H3. The number of para-hydroxylation sites is 2. The molecule has 7 heteroatoms. The number of hydrogen-bond acceptors (Lipinski definition) is 5. The van der Waals surface area contributed by atoms with Crippen LogP contribution in [-0.4, -0.2) is 41.0 Å². The summed E-state index contributed by atoms with van der Waals surface area (Å²) in [7, 11) is 0. The van der Waals surface area contributed by atoms with Crippen molar-refractivity contribution in [3.63, 3.8) is 0 Å². The number of rotatable bonds is 4. The van der Waals surface area contributed by atoms with Crippen molar-refractivity contribution < 1.29 is 18.7 Å². The number of piperidine rings is 1. The van der Waals surface area contributed by atoms with Gasteiger partial charge in [-0.2, -0.15) is 0 Å². The highest BCUT2D eigenvalue weighted by molar-refractivity contribution is 5.83. The van der Waals surface area contributed by atoms with Crippen LogP contribution in [0.3, 0.4) is 0 Å². The molecule has 1 aliphatic heterocycles. The highest BCUT2D eigenvalue weighted by atomic mass is 16.5. The summed E-state index contributed by atoms with van der Waals surface area (Å²) in [5.41, 5.74) is 1.07. The Bertz CT molecular complexity index is 829. The lowest BCUT2D eigenvalue weighted by Gasteiger charge is -2.32. The normalized spacial score (nSPS) is 16.8. The average molecular weight is 346 g/mol. The van der Waals surface area contributed by atoms with Crippen LogP contribution in [0.15, 0.2) is 33.5 Å². The summed E-state index contributed by atoms with van der Waals surface area (Å²) in [6.07, 6.45) is 1.16. The largest absolute Gasteiger partial charge is 0.466 e. The molecule has 2 aromatic rings. The second-order valence-corrected chi connectivity index (χ2v) is 6.23. The number of benzene rings is 1. The quantitative estimate of drug-likeness (QED) is 0.791. The van der Waals surface area contributed by atoms with E-state index in [9.17, 15) is 14.4 Å². The van der Waals surface area contributed by atoms with E-state index in [0.717, 1.165) is 0 Å². The van der Waals surface area contributed by atoms with E-state index in [0.29, 0.717) is 43.6 Å². The van der Waals surface area contributed by atoms with Gasteiger partial charge in [-0.15, -0.1) is 0 Å². The topological polar surface area (TPSA) is 81.8 Å². The van der Waals surface area contributed by atoms with Crippen LogP contribution in [-0.2, 0) is 14.3 Å². The number of oxazole rings is 1. The fourth-order valence-corrected chi connectivity index (χ4v) is 3.32. The summed E-state index contributed by atoms with van der Waals surface area (Å²) in [5, 5.41) is 0. The van der Waals surface area contributed by atoms with E-state index in [4.69, 9.17) is 9.15 Å². The highest BCUT2D eigenvalue weighted by Gasteiger charge is 2.31. The van der Waals surface area contributed by atoms with Crippen LogP contribution in [0.5, 0.6) is 0 Å². The maximum Gasteiger partial charge on any atom is 0.420 e. The molecular weight excluding hydrogens is 324 g/mol. The molecule has 1 unspecified atom stereocenters. The third-order valence-corrected chi connectivity index (χ3v) is 4.69. The number of esters is 1. The lowest BCUT2D eigenvalue weighted by Crippen LogP contribution is -2.44. The first-order valence-corrected chi connectivity index (χ1v) is 8.58. The molecule has 0 bridgehead atoms. The minimum absolute atomic E-state index is 0.143. The van der Waals surface area contributed by atoms with Gasteiger partial charge in [0.2, 0.25) is 5.91 Å². The van der Waals surface area contributed by atoms with Crippen molar-refractivity contribution in [3.8, 4) is 0 Å². The monoisotopic (exact) mass is 346 g/mol. The fraction of sp³-hybridized carbons (Fsp3) is 0.500. The van der Waals surface area contributed by atoms with Crippen LogP contribution in [0, 0.1) is 5.92 Å². The second kappa shape index (κ2) is 7.13. The molecule has 25 heavy (non-hydrogen) atoms. The van der Waals surface area contributed by atoms with Gasteiger partial charge in [-0.3, -0.25) is 14.2 Å². The van der Waals surface area contributed by atoms with Crippen LogP contribution >= 0.6 is 0 Å². The van der Waals surface area contributed by atoms with E-state index in [-0.39, 0.29) is 17.8 Å². The van der Waals surface area contributed by atoms with E-state index >= 15 is 0 Å². The van der Waals surface area contributed by atoms with Crippen molar-refractivity contribution in [2.75, 3.05) is 19.7 Å². The number of ether oxygens (including phenoxy) is 1. The average Bonchev–Trinajstić information content (AvgIpc) is 2.96. The van der Waals surface area contributed by atoms with Crippen LogP contribution in [0.2, 0.25) is 0 Å². The summed E-state index contributed by atoms with van der Waals surface area (Å²) >= 11 is 0. The van der Waals surface area contributed by atoms with Crippen LogP contribution < -0.4 is 5.76 Å². The molecule has 1 saturated heterocycles. The lowest BCUT2D eigenvalue weighted by atomic mass is 9.96. The predicted octanol–water partition coefficient (Wildman–Crippen LogP) is 1.96. The minimum Gasteiger partial charge on any atom is -0.466 e. The van der Waals surface area contributed by atoms with E-state index in [1.54, 1.807) is 43.0 Å². The van der Waals surface area contributed by atoms with Gasteiger partial charge < -0.3 is 14.1 Å². The Kier molecular flexibility index (Phi) is 4.92. The minimum atomic E-state index is -0.657. The van der Waals surface area contributed by atoms with Crippen molar-refractivity contribution >= 4 is 23.0 Å². The lowest BCUT2D eigenvalue weighted by molar-refractivity contribution is -0.151. The molecule has 1 aromatic carbocycles. The maximum absolute atomic E-state index is 12.8. The maximum atomic E-state index is 12.8. The highest BCUT2D eigenvalue weighted by Crippen LogP contribution is 2.23. The first kappa shape index (κ1) is 17.3. The molecule has 0 radical (unpaired) electrons. The zero-order chi connectivity index (χ0) is 18.0. The molecule has 134 valence electrons. The smallest absolute Gasteiger partial charge is 0.420 e. The summed E-state index contributed by atoms with van der Waals surface area (Å²) in [4.78, 5) is 38.5. The van der Waals surface area contributed by atoms with E-state index in [2.05, 4.69) is 0 Å². The number of likely N-dealkylation sites (tertiary alicyclic amines) is 1. The van der Waals surface area contributed by atoms with E-state index in [1.165, 1.54) is 4.57 Å². The fourth-order valence-electron chi connectivity index (χ4n) is 3.32. The van der Waals surface area contributed by atoms with Crippen molar-refractivity contribution in [2.24, 2.45) is 5.92 Å². The van der Waals surface area contributed by atoms with Gasteiger partial charge >= 0.3 is 11.7 Å². The Balaban J connectivity index is 1.72. The predicted molar refractivity (Wildman–Crippen MR) is 91.1 cm³/mol. The Morgan fingerprint density at radius 1 is 1.28 bits per heavy atom. The zero-order valence-corrected chi connectivity index (χ0v) is 14.4. The van der Waals surface area contributed by atoms with Gasteiger partial charge in [-0.25, -0.2) is 4.79 Å². The summed E-state index contributed by atoms with van der Waals surface area (Å²) in [6, 6.07) is 6.39. The van der Waals surface area contributed by atoms with Crippen LogP contribution in [0.1, 0.15) is 32.7 Å². The number of fused-ring (bicyclic) bond motifs is 1. The third-order valence-electron chi connectivity index (χ3n) is 4.69. The molecule has 2 heterocycles. The van der Waals surface area contributed by atoms with Gasteiger partial charge in [-0.05, 0) is 38.8 Å². The van der Waals surface area contributed by atoms with Crippen LogP contribution in [0.4, 0.5) is 0 Å². The van der Waals surface area contributed by atoms with Crippen molar-refractivity contribution in [1.29, 1.82) is 0 Å². The summed E-state index contributed by atoms with van der Waals surface area (Å²) < 4.78 is 11.6. The van der Waals surface area contributed by atoms with E-state index in [1.807, 2.05) is 0 Å². The summed E-state index contributed by atoms with van der Waals surface area (Å²) in [6.45, 7) is 4.81. The number of carbonyl (C=O) groups is 2. The molecule has 1 amide bonds. The zero-order valence-electron chi connectivity index (χ0n) is 14.4. The van der Waals surface area contributed by atoms with Gasteiger partial charge in [-0.1, -0.05) is 12.1 Å². The van der Waals surface area contributed by atoms with Gasteiger partial charge in [0.25, 0.3) is 0 Å². The van der Waals surface area contributed by atoms with Crippen molar-refractivity contribution in [1.82, 2.24) is 9.47 Å². The van der Waals surface area contributed by atoms with Gasteiger partial charge in [0.1, 0.15) is 6.04 Å². The number of aromatic nitrogens is 1. The molecule has 1 fully saturated rings. The Labute approximate surface area is 145 Å². The molecule has 1 atom stereocenters. The summed E-state index contributed by atoms with van der Waals surface area (Å²) in [5.74, 6) is -1.03. The molecule has 0 spiro atoms. The van der Waals surface area contributed by atoms with Crippen LogP contribution in [0.25, 0.3) is 11.1 Å². The van der Waals surface area contributed by atoms with E-state index < -0.39 is 11.8 Å². The molecule has 0 saturated carbocycles. The Morgan fingerprint density at radius 3 is 2.64 bits per heavy atom. The van der Waals surface area contributed by atoms with Gasteiger partial charge in [0.15, 0.2) is 5.58 Å². The van der Waals surface area contributed by atoms with Crippen molar-refractivity contribution in [2.45, 2.75) is 32.7 Å². The molecule has 1 aliphatic rings.